The smallest absolute Gasteiger partial charge is 0.408 e. The Morgan fingerprint density at radius 2 is 1.78 bits per heavy atom. The third-order valence-corrected chi connectivity index (χ3v) is 5.61. The molecule has 0 N–H and O–H groups in total. The van der Waals surface area contributed by atoms with Crippen LogP contribution in [0.15, 0.2) is 58.1 Å². The summed E-state index contributed by atoms with van der Waals surface area (Å²) in [5.41, 5.74) is -0.125. The predicted molar refractivity (Wildman–Crippen MR) is 133 cm³/mol. The summed E-state index contributed by atoms with van der Waals surface area (Å²) in [6, 6.07) is 12.5. The van der Waals surface area contributed by atoms with E-state index in [-0.39, 0.29) is 48.4 Å². The van der Waals surface area contributed by atoms with E-state index in [1.165, 1.54) is 56.8 Å². The van der Waals surface area contributed by atoms with Gasteiger partial charge in [-0.25, -0.2) is 4.79 Å². The molecule has 1 atom stereocenters. The molecule has 4 rings (SSSR count). The minimum absolute atomic E-state index is 0.0219. The van der Waals surface area contributed by atoms with Crippen molar-refractivity contribution in [3.8, 4) is 17.5 Å². The van der Waals surface area contributed by atoms with Gasteiger partial charge in [-0.15, -0.1) is 0 Å². The molecule has 2 heterocycles. The van der Waals surface area contributed by atoms with Crippen LogP contribution >= 0.6 is 20.8 Å². The zero-order chi connectivity index (χ0) is 26.0. The molecule has 36 heavy (non-hydrogen) atoms. The molecule has 190 valence electrons. The number of alkyl halides is 2. The molecular weight excluding hydrogens is 517 g/mol. The Hall–Kier alpha value is -3.27. The first-order valence-electron chi connectivity index (χ1n) is 10.6. The topological polar surface area (TPSA) is 89.5 Å². The van der Waals surface area contributed by atoms with Crippen LogP contribution in [0.4, 0.5) is 8.78 Å². The average Bonchev–Trinajstić information content (AvgIpc) is 3.16. The maximum Gasteiger partial charge on any atom is 0.408 e. The van der Waals surface area contributed by atoms with Crippen molar-refractivity contribution in [1.29, 1.82) is 0 Å². The second kappa shape index (κ2) is 10.4. The number of rotatable bonds is 9. The summed E-state index contributed by atoms with van der Waals surface area (Å²) >= 11 is 6.01. The summed E-state index contributed by atoms with van der Waals surface area (Å²) in [5, 5.41) is 0.540. The van der Waals surface area contributed by atoms with Crippen molar-refractivity contribution in [3.05, 3.63) is 80.0 Å². The molecule has 2 aromatic heterocycles. The van der Waals surface area contributed by atoms with Crippen LogP contribution in [-0.4, -0.2) is 38.3 Å². The average molecular weight is 539 g/mol. The largest absolute Gasteiger partial charge is 0.430 e. The van der Waals surface area contributed by atoms with Crippen LogP contribution < -0.4 is 20.7 Å². The minimum atomic E-state index is -3.47. The van der Waals surface area contributed by atoms with Gasteiger partial charge in [0, 0.05) is 25.2 Å². The zero-order valence-electron chi connectivity index (χ0n) is 19.3. The van der Waals surface area contributed by atoms with Crippen molar-refractivity contribution in [1.82, 2.24) is 18.7 Å². The minimum Gasteiger partial charge on any atom is -0.430 e. The molecule has 0 aliphatic rings. The molecule has 0 aliphatic carbocycles. The molecule has 0 fully saturated rings. The Bertz CT molecular complexity index is 1510. The fourth-order valence-corrected chi connectivity index (χ4v) is 3.85. The zero-order valence-corrected chi connectivity index (χ0v) is 21.2. The predicted octanol–water partition coefficient (Wildman–Crippen LogP) is 3.84. The van der Waals surface area contributed by atoms with Gasteiger partial charge in [-0.2, -0.15) is 13.8 Å². The van der Waals surface area contributed by atoms with Crippen LogP contribution in [0.25, 0.3) is 11.2 Å². The van der Waals surface area contributed by atoms with Crippen molar-refractivity contribution >= 4 is 32.0 Å². The van der Waals surface area contributed by atoms with Crippen LogP contribution in [0, 0.1) is 0 Å². The molecule has 2 aromatic carbocycles. The maximum atomic E-state index is 13.4. The van der Waals surface area contributed by atoms with E-state index in [1.807, 2.05) is 0 Å². The number of fused-ring (bicyclic) bond motifs is 1. The Balaban J connectivity index is 1.87. The second-order valence-electron chi connectivity index (χ2n) is 7.81. The Morgan fingerprint density at radius 1 is 1.08 bits per heavy atom. The Morgan fingerprint density at radius 3 is 2.44 bits per heavy atom. The van der Waals surface area contributed by atoms with Crippen LogP contribution in [0.3, 0.4) is 0 Å². The Kier molecular flexibility index (Phi) is 7.44. The quantitative estimate of drug-likeness (QED) is 0.301. The highest BCUT2D eigenvalue weighted by molar-refractivity contribution is 7.17. The van der Waals surface area contributed by atoms with Crippen molar-refractivity contribution < 1.29 is 23.0 Å². The molecule has 13 heteroatoms. The highest BCUT2D eigenvalue weighted by atomic mass is 35.5. The number of imidazole rings is 1. The SMILES string of the molecule is COCCn1c(=O)c2c(nc(Oc3cccc(OC(F)(F)P)c3)n2Cc2ccc(Cl)cc2)n(C)c1=O. The van der Waals surface area contributed by atoms with E-state index >= 15 is 0 Å². The van der Waals surface area contributed by atoms with E-state index < -0.39 is 17.1 Å². The summed E-state index contributed by atoms with van der Waals surface area (Å²) in [5.74, 6) is -3.47. The van der Waals surface area contributed by atoms with E-state index in [2.05, 4.69) is 9.72 Å². The lowest BCUT2D eigenvalue weighted by Crippen LogP contribution is -2.40. The standard InChI is InChI=1S/C23H22ClF2N4O5P/c1-28-19-18(20(31)29(22(28)32)10-11-33-2)30(13-14-6-8-15(24)9-7-14)21(27-19)34-16-4-3-5-17(12-16)35-23(25,26)36/h3-9,12H,10-11,13,36H2,1-2H3. The lowest BCUT2D eigenvalue weighted by Gasteiger charge is -2.14. The molecule has 0 radical (unpaired) electrons. The summed E-state index contributed by atoms with van der Waals surface area (Å²) in [4.78, 5) is 30.6. The fourth-order valence-electron chi connectivity index (χ4n) is 3.59. The van der Waals surface area contributed by atoms with Crippen molar-refractivity contribution in [2.45, 2.75) is 18.9 Å². The lowest BCUT2D eigenvalue weighted by atomic mass is 10.2. The Labute approximate surface area is 211 Å². The normalized spacial score (nSPS) is 11.7. The number of aryl methyl sites for hydroxylation is 1. The molecule has 9 nitrogen and oxygen atoms in total. The molecule has 0 saturated heterocycles. The van der Waals surface area contributed by atoms with Gasteiger partial charge in [-0.3, -0.25) is 18.5 Å². The van der Waals surface area contributed by atoms with Crippen molar-refractivity contribution in [2.75, 3.05) is 13.7 Å². The van der Waals surface area contributed by atoms with Crippen LogP contribution in [0.1, 0.15) is 5.56 Å². The monoisotopic (exact) mass is 538 g/mol. The molecular formula is C23H22ClF2N4O5P. The number of methoxy groups -OCH3 is 1. The maximum absolute atomic E-state index is 13.4. The van der Waals surface area contributed by atoms with Gasteiger partial charge in [-0.05, 0) is 39.1 Å². The molecule has 0 amide bonds. The van der Waals surface area contributed by atoms with E-state index in [0.717, 1.165) is 10.1 Å². The molecule has 0 bridgehead atoms. The summed E-state index contributed by atoms with van der Waals surface area (Å²) in [6.45, 7) is 0.353. The van der Waals surface area contributed by atoms with Gasteiger partial charge in [-0.1, -0.05) is 29.8 Å². The number of ether oxygens (including phenoxy) is 3. The van der Waals surface area contributed by atoms with Crippen molar-refractivity contribution in [2.24, 2.45) is 7.05 Å². The van der Waals surface area contributed by atoms with Gasteiger partial charge in [0.15, 0.2) is 11.2 Å². The highest BCUT2D eigenvalue weighted by Gasteiger charge is 2.25. The van der Waals surface area contributed by atoms with Gasteiger partial charge in [0.1, 0.15) is 11.5 Å². The van der Waals surface area contributed by atoms with E-state index in [9.17, 15) is 18.4 Å². The number of benzene rings is 2. The fraction of sp³-hybridized carbons (Fsp3) is 0.261. The first-order valence-corrected chi connectivity index (χ1v) is 11.6. The van der Waals surface area contributed by atoms with Crippen LogP contribution in [0.5, 0.6) is 17.5 Å². The summed E-state index contributed by atoms with van der Waals surface area (Å²) in [7, 11) is 4.26. The van der Waals surface area contributed by atoms with Crippen LogP contribution in [0.2, 0.25) is 5.02 Å². The van der Waals surface area contributed by atoms with Gasteiger partial charge in [0.25, 0.3) is 5.56 Å². The van der Waals surface area contributed by atoms with E-state index in [4.69, 9.17) is 21.1 Å². The third-order valence-electron chi connectivity index (χ3n) is 5.24. The highest BCUT2D eigenvalue weighted by Crippen LogP contribution is 2.31. The number of hydrogen-bond donors (Lipinski definition) is 0. The lowest BCUT2D eigenvalue weighted by molar-refractivity contribution is -0.0892. The first kappa shape index (κ1) is 25.8. The summed E-state index contributed by atoms with van der Waals surface area (Å²) in [6.07, 6.45) is 0. The van der Waals surface area contributed by atoms with Crippen LogP contribution in [-0.2, 0) is 24.9 Å². The van der Waals surface area contributed by atoms with Gasteiger partial charge in [0.2, 0.25) is 0 Å². The third kappa shape index (κ3) is 5.59. The molecule has 1 unspecified atom stereocenters. The molecule has 4 aromatic rings. The van der Waals surface area contributed by atoms with Gasteiger partial charge in [0.05, 0.1) is 19.7 Å². The van der Waals surface area contributed by atoms with Crippen molar-refractivity contribution in [3.63, 3.8) is 0 Å². The van der Waals surface area contributed by atoms with Gasteiger partial charge >= 0.3 is 17.5 Å². The summed E-state index contributed by atoms with van der Waals surface area (Å²) < 4.78 is 45.9. The number of hydrogen-bond acceptors (Lipinski definition) is 6. The number of halogens is 3. The molecule has 0 spiro atoms. The number of nitrogens with zero attached hydrogens (tertiary/aromatic N) is 4. The van der Waals surface area contributed by atoms with E-state index in [1.54, 1.807) is 24.3 Å². The van der Waals surface area contributed by atoms with E-state index in [0.29, 0.717) is 5.02 Å². The second-order valence-corrected chi connectivity index (χ2v) is 8.92. The molecule has 0 saturated carbocycles. The molecule has 0 aliphatic heterocycles. The first-order chi connectivity index (χ1) is 17.1. The van der Waals surface area contributed by atoms with Gasteiger partial charge < -0.3 is 14.2 Å². The number of aromatic nitrogens is 4.